The number of aliphatic hydroxyl groups excluding tert-OH is 1. The van der Waals surface area contributed by atoms with Crippen LogP contribution in [-0.4, -0.2) is 22.8 Å². The molecule has 0 bridgehead atoms. The van der Waals surface area contributed by atoms with Crippen LogP contribution in [0.15, 0.2) is 11.6 Å². The summed E-state index contributed by atoms with van der Waals surface area (Å²) in [5, 5.41) is 18.1. The number of aliphatic carboxylic acids is 1. The lowest BCUT2D eigenvalue weighted by Crippen LogP contribution is -2.07. The third kappa shape index (κ3) is 17.0. The Kier molecular flexibility index (Phi) is 19.3. The highest BCUT2D eigenvalue weighted by atomic mass is 16.4. The highest BCUT2D eigenvalue weighted by molar-refractivity contribution is 5.66. The highest BCUT2D eigenvalue weighted by Crippen LogP contribution is 2.27. The first-order valence-corrected chi connectivity index (χ1v) is 11.7. The molecule has 0 rings (SSSR count). The second-order valence-corrected chi connectivity index (χ2v) is 7.99. The van der Waals surface area contributed by atoms with E-state index in [-0.39, 0.29) is 6.61 Å². The molecule has 0 aliphatic carbocycles. The monoisotopic (exact) mass is 382 g/mol. The normalized spacial score (nSPS) is 13.1. The number of hydrogen-bond acceptors (Lipinski definition) is 2. The fraction of sp³-hybridized carbons (Fsp3) is 0.875. The first-order valence-electron chi connectivity index (χ1n) is 11.7. The smallest absolute Gasteiger partial charge is 0.303 e. The maximum absolute atomic E-state index is 10.5. The van der Waals surface area contributed by atoms with E-state index < -0.39 is 5.97 Å². The van der Waals surface area contributed by atoms with Gasteiger partial charge in [-0.15, -0.1) is 0 Å². The SMILES string of the molecule is CCCCCCCC/C=C(/CCCCCCCC(=O)O)C(CCC)CCO. The quantitative estimate of drug-likeness (QED) is 0.172. The maximum Gasteiger partial charge on any atom is 0.303 e. The molecule has 0 saturated carbocycles. The van der Waals surface area contributed by atoms with Crippen molar-refractivity contribution in [3.63, 3.8) is 0 Å². The number of carboxylic acid groups (broad SMARTS) is 1. The Labute approximate surface area is 168 Å². The fourth-order valence-electron chi connectivity index (χ4n) is 3.84. The summed E-state index contributed by atoms with van der Waals surface area (Å²) in [5.74, 6) is -0.131. The van der Waals surface area contributed by atoms with E-state index in [1.54, 1.807) is 5.57 Å². The Bertz CT molecular complexity index is 357. The van der Waals surface area contributed by atoms with Crippen LogP contribution in [0.4, 0.5) is 0 Å². The van der Waals surface area contributed by atoms with Gasteiger partial charge in [-0.2, -0.15) is 0 Å². The van der Waals surface area contributed by atoms with Gasteiger partial charge in [-0.25, -0.2) is 0 Å². The van der Waals surface area contributed by atoms with Gasteiger partial charge in [0.25, 0.3) is 0 Å². The molecule has 0 amide bonds. The van der Waals surface area contributed by atoms with Crippen LogP contribution in [0.2, 0.25) is 0 Å². The molecule has 3 nitrogen and oxygen atoms in total. The minimum absolute atomic E-state index is 0.286. The zero-order valence-electron chi connectivity index (χ0n) is 18.2. The molecule has 0 radical (unpaired) electrons. The summed E-state index contributed by atoms with van der Waals surface area (Å²) in [4.78, 5) is 10.5. The maximum atomic E-state index is 10.5. The van der Waals surface area contributed by atoms with Gasteiger partial charge in [-0.1, -0.05) is 83.3 Å². The van der Waals surface area contributed by atoms with Crippen molar-refractivity contribution in [2.24, 2.45) is 5.92 Å². The number of unbranched alkanes of at least 4 members (excludes halogenated alkanes) is 10. The molecule has 3 heteroatoms. The molecule has 0 aromatic rings. The third-order valence-electron chi connectivity index (χ3n) is 5.46. The highest BCUT2D eigenvalue weighted by Gasteiger charge is 2.12. The van der Waals surface area contributed by atoms with Gasteiger partial charge >= 0.3 is 5.97 Å². The van der Waals surface area contributed by atoms with Crippen molar-refractivity contribution in [3.05, 3.63) is 11.6 Å². The van der Waals surface area contributed by atoms with Crippen molar-refractivity contribution in [2.45, 2.75) is 123 Å². The van der Waals surface area contributed by atoms with E-state index in [9.17, 15) is 9.90 Å². The zero-order valence-corrected chi connectivity index (χ0v) is 18.2. The van der Waals surface area contributed by atoms with Gasteiger partial charge in [0.05, 0.1) is 0 Å². The molecule has 0 aliphatic rings. The van der Waals surface area contributed by atoms with Crippen LogP contribution in [0, 0.1) is 5.92 Å². The summed E-state index contributed by atoms with van der Waals surface area (Å²) in [7, 11) is 0. The lowest BCUT2D eigenvalue weighted by Gasteiger charge is -2.20. The standard InChI is InChI=1S/C24H46O3/c1-3-5-6-7-8-10-13-17-23(22(16-4-2)20-21-25)18-14-11-9-12-15-19-24(26)27/h17,22,25H,3-16,18-21H2,1-2H3,(H,26,27)/b23-17-. The Morgan fingerprint density at radius 2 is 1.37 bits per heavy atom. The van der Waals surface area contributed by atoms with Crippen LogP contribution in [0.5, 0.6) is 0 Å². The number of aliphatic hydroxyl groups is 1. The molecular formula is C24H46O3. The summed E-state index contributed by atoms with van der Waals surface area (Å²) in [6.45, 7) is 4.78. The molecule has 1 atom stereocenters. The number of carbonyl (C=O) groups is 1. The van der Waals surface area contributed by atoms with E-state index in [4.69, 9.17) is 5.11 Å². The van der Waals surface area contributed by atoms with Crippen LogP contribution in [-0.2, 0) is 4.79 Å². The lowest BCUT2D eigenvalue weighted by atomic mass is 9.87. The van der Waals surface area contributed by atoms with E-state index in [0.29, 0.717) is 12.3 Å². The molecule has 0 aromatic heterocycles. The van der Waals surface area contributed by atoms with E-state index in [0.717, 1.165) is 32.1 Å². The predicted octanol–water partition coefficient (Wildman–Crippen LogP) is 7.28. The Hall–Kier alpha value is -0.830. The first-order chi connectivity index (χ1) is 13.2. The molecule has 27 heavy (non-hydrogen) atoms. The van der Waals surface area contributed by atoms with Crippen molar-refractivity contribution in [3.8, 4) is 0 Å². The van der Waals surface area contributed by atoms with Gasteiger partial charge in [-0.3, -0.25) is 4.79 Å². The van der Waals surface area contributed by atoms with Gasteiger partial charge in [0.2, 0.25) is 0 Å². The van der Waals surface area contributed by atoms with Crippen molar-refractivity contribution in [1.82, 2.24) is 0 Å². The summed E-state index contributed by atoms with van der Waals surface area (Å²) >= 11 is 0. The molecule has 0 heterocycles. The van der Waals surface area contributed by atoms with Gasteiger partial charge in [0.1, 0.15) is 0 Å². The van der Waals surface area contributed by atoms with Gasteiger partial charge in [0.15, 0.2) is 0 Å². The largest absolute Gasteiger partial charge is 0.481 e. The Morgan fingerprint density at radius 3 is 1.96 bits per heavy atom. The number of carboxylic acids is 1. The van der Waals surface area contributed by atoms with E-state index >= 15 is 0 Å². The molecule has 0 saturated heterocycles. The van der Waals surface area contributed by atoms with Crippen LogP contribution >= 0.6 is 0 Å². The third-order valence-corrected chi connectivity index (χ3v) is 5.46. The summed E-state index contributed by atoms with van der Waals surface area (Å²) in [6.07, 6.45) is 21.8. The van der Waals surface area contributed by atoms with Crippen molar-refractivity contribution in [2.75, 3.05) is 6.61 Å². The lowest BCUT2D eigenvalue weighted by molar-refractivity contribution is -0.137. The van der Waals surface area contributed by atoms with Crippen molar-refractivity contribution >= 4 is 5.97 Å². The molecule has 160 valence electrons. The summed E-state index contributed by atoms with van der Waals surface area (Å²) in [6, 6.07) is 0. The topological polar surface area (TPSA) is 57.5 Å². The van der Waals surface area contributed by atoms with E-state index in [1.807, 2.05) is 0 Å². The van der Waals surface area contributed by atoms with Gasteiger partial charge in [0, 0.05) is 13.0 Å². The molecule has 1 unspecified atom stereocenters. The average molecular weight is 383 g/mol. The van der Waals surface area contributed by atoms with E-state index in [2.05, 4.69) is 19.9 Å². The van der Waals surface area contributed by atoms with E-state index in [1.165, 1.54) is 70.6 Å². The predicted molar refractivity (Wildman–Crippen MR) is 116 cm³/mol. The van der Waals surface area contributed by atoms with Gasteiger partial charge < -0.3 is 10.2 Å². The summed E-state index contributed by atoms with van der Waals surface area (Å²) in [5.41, 5.74) is 1.57. The van der Waals surface area contributed by atoms with Crippen LogP contribution in [0.25, 0.3) is 0 Å². The van der Waals surface area contributed by atoms with Crippen LogP contribution in [0.3, 0.4) is 0 Å². The van der Waals surface area contributed by atoms with Gasteiger partial charge in [-0.05, 0) is 50.9 Å². The molecule has 0 aromatic carbocycles. The zero-order chi connectivity index (χ0) is 20.2. The second kappa shape index (κ2) is 19.9. The molecular weight excluding hydrogens is 336 g/mol. The number of allylic oxidation sites excluding steroid dienone is 2. The second-order valence-electron chi connectivity index (χ2n) is 7.99. The number of hydrogen-bond donors (Lipinski definition) is 2. The Balaban J connectivity index is 4.26. The van der Waals surface area contributed by atoms with Crippen molar-refractivity contribution < 1.29 is 15.0 Å². The molecule has 2 N–H and O–H groups in total. The molecule has 0 spiro atoms. The molecule has 0 aliphatic heterocycles. The van der Waals surface area contributed by atoms with Crippen molar-refractivity contribution in [1.29, 1.82) is 0 Å². The number of rotatable bonds is 20. The minimum atomic E-state index is -0.679. The summed E-state index contributed by atoms with van der Waals surface area (Å²) < 4.78 is 0. The molecule has 0 fully saturated rings. The van der Waals surface area contributed by atoms with Crippen LogP contribution in [0.1, 0.15) is 123 Å². The fourth-order valence-corrected chi connectivity index (χ4v) is 3.84. The minimum Gasteiger partial charge on any atom is -0.481 e. The average Bonchev–Trinajstić information content (AvgIpc) is 2.64. The first kappa shape index (κ1) is 26.2. The van der Waals surface area contributed by atoms with Crippen LogP contribution < -0.4 is 0 Å². The Morgan fingerprint density at radius 1 is 0.778 bits per heavy atom.